The van der Waals surface area contributed by atoms with Gasteiger partial charge in [-0.3, -0.25) is 0 Å². The van der Waals surface area contributed by atoms with Gasteiger partial charge in [0.2, 0.25) is 0 Å². The Kier molecular flexibility index (Phi) is 3.13. The fraction of sp³-hybridized carbons (Fsp3) is 0.700. The SMILES string of the molecule is CC1CSCC1NCc1cn(C)cn1. The Morgan fingerprint density at radius 1 is 1.64 bits per heavy atom. The summed E-state index contributed by atoms with van der Waals surface area (Å²) in [5.41, 5.74) is 1.14. The highest BCUT2D eigenvalue weighted by Crippen LogP contribution is 2.23. The third-order valence-corrected chi connectivity index (χ3v) is 4.03. The molecule has 0 aromatic carbocycles. The van der Waals surface area contributed by atoms with E-state index in [2.05, 4.69) is 23.4 Å². The third kappa shape index (κ3) is 2.30. The molecule has 2 atom stereocenters. The second-order valence-electron chi connectivity index (χ2n) is 4.03. The Labute approximate surface area is 89.3 Å². The van der Waals surface area contributed by atoms with Crippen LogP contribution >= 0.6 is 11.8 Å². The molecule has 0 saturated carbocycles. The average Bonchev–Trinajstić information content (AvgIpc) is 2.72. The summed E-state index contributed by atoms with van der Waals surface area (Å²) in [7, 11) is 2.00. The Balaban J connectivity index is 1.82. The van der Waals surface area contributed by atoms with Crippen LogP contribution in [0.2, 0.25) is 0 Å². The molecule has 1 aromatic heterocycles. The molecule has 1 aromatic rings. The molecule has 2 heterocycles. The van der Waals surface area contributed by atoms with E-state index in [1.54, 1.807) is 0 Å². The lowest BCUT2D eigenvalue weighted by atomic mass is 10.1. The van der Waals surface area contributed by atoms with Crippen molar-refractivity contribution in [3.63, 3.8) is 0 Å². The zero-order valence-corrected chi connectivity index (χ0v) is 9.55. The van der Waals surface area contributed by atoms with Crippen molar-refractivity contribution < 1.29 is 0 Å². The normalized spacial score (nSPS) is 27.0. The number of imidazole rings is 1. The molecule has 1 saturated heterocycles. The summed E-state index contributed by atoms with van der Waals surface area (Å²) in [6, 6.07) is 0.669. The summed E-state index contributed by atoms with van der Waals surface area (Å²) in [4.78, 5) is 4.30. The molecular weight excluding hydrogens is 194 g/mol. The number of nitrogens with zero attached hydrogens (tertiary/aromatic N) is 2. The van der Waals surface area contributed by atoms with Gasteiger partial charge in [-0.25, -0.2) is 4.98 Å². The zero-order chi connectivity index (χ0) is 9.97. The van der Waals surface area contributed by atoms with Crippen molar-refractivity contribution in [2.75, 3.05) is 11.5 Å². The highest BCUT2D eigenvalue weighted by molar-refractivity contribution is 7.99. The molecular formula is C10H17N3S. The maximum absolute atomic E-state index is 4.30. The largest absolute Gasteiger partial charge is 0.340 e. The minimum Gasteiger partial charge on any atom is -0.340 e. The highest BCUT2D eigenvalue weighted by Gasteiger charge is 2.23. The van der Waals surface area contributed by atoms with Crippen LogP contribution in [0, 0.1) is 5.92 Å². The summed E-state index contributed by atoms with van der Waals surface area (Å²) in [5, 5.41) is 3.56. The number of nitrogens with one attached hydrogen (secondary N) is 1. The van der Waals surface area contributed by atoms with E-state index < -0.39 is 0 Å². The van der Waals surface area contributed by atoms with Crippen LogP contribution < -0.4 is 5.32 Å². The maximum Gasteiger partial charge on any atom is 0.0947 e. The molecule has 2 unspecified atom stereocenters. The summed E-state index contributed by atoms with van der Waals surface area (Å²) in [6.07, 6.45) is 3.92. The van der Waals surface area contributed by atoms with E-state index in [4.69, 9.17) is 0 Å². The molecule has 0 spiro atoms. The second-order valence-corrected chi connectivity index (χ2v) is 5.11. The van der Waals surface area contributed by atoms with Crippen LogP contribution in [0.1, 0.15) is 12.6 Å². The molecule has 78 valence electrons. The van der Waals surface area contributed by atoms with Gasteiger partial charge in [0.25, 0.3) is 0 Å². The lowest BCUT2D eigenvalue weighted by molar-refractivity contribution is 0.451. The summed E-state index contributed by atoms with van der Waals surface area (Å²) < 4.78 is 1.99. The topological polar surface area (TPSA) is 29.9 Å². The highest BCUT2D eigenvalue weighted by atomic mass is 32.2. The first-order chi connectivity index (χ1) is 6.75. The van der Waals surface area contributed by atoms with E-state index in [0.717, 1.165) is 18.2 Å². The standard InChI is InChI=1S/C10H17N3S/c1-8-5-14-6-10(8)11-3-9-4-13(2)7-12-9/h4,7-8,10-11H,3,5-6H2,1-2H3. The van der Waals surface area contributed by atoms with Crippen molar-refractivity contribution in [1.82, 2.24) is 14.9 Å². The Morgan fingerprint density at radius 2 is 2.50 bits per heavy atom. The molecule has 1 aliphatic heterocycles. The van der Waals surface area contributed by atoms with E-state index in [0.29, 0.717) is 6.04 Å². The van der Waals surface area contributed by atoms with E-state index in [9.17, 15) is 0 Å². The minimum atomic E-state index is 0.669. The first-order valence-corrected chi connectivity index (χ1v) is 6.19. The van der Waals surface area contributed by atoms with Gasteiger partial charge in [0.1, 0.15) is 0 Å². The Morgan fingerprint density at radius 3 is 3.07 bits per heavy atom. The summed E-state index contributed by atoms with van der Waals surface area (Å²) in [6.45, 7) is 3.21. The molecule has 1 N–H and O–H groups in total. The van der Waals surface area contributed by atoms with Gasteiger partial charge in [0.15, 0.2) is 0 Å². The third-order valence-electron chi connectivity index (χ3n) is 2.67. The van der Waals surface area contributed by atoms with Crippen molar-refractivity contribution in [3.8, 4) is 0 Å². The fourth-order valence-corrected chi connectivity index (χ4v) is 3.16. The van der Waals surface area contributed by atoms with Gasteiger partial charge >= 0.3 is 0 Å². The number of thioether (sulfide) groups is 1. The number of hydrogen-bond acceptors (Lipinski definition) is 3. The molecule has 1 aliphatic rings. The van der Waals surface area contributed by atoms with Crippen LogP contribution in [0.15, 0.2) is 12.5 Å². The van der Waals surface area contributed by atoms with E-state index in [1.165, 1.54) is 11.5 Å². The van der Waals surface area contributed by atoms with Crippen molar-refractivity contribution >= 4 is 11.8 Å². The van der Waals surface area contributed by atoms with Gasteiger partial charge in [-0.1, -0.05) is 6.92 Å². The zero-order valence-electron chi connectivity index (χ0n) is 8.73. The van der Waals surface area contributed by atoms with Gasteiger partial charge in [-0.15, -0.1) is 0 Å². The van der Waals surface area contributed by atoms with Gasteiger partial charge in [-0.2, -0.15) is 11.8 Å². The van der Waals surface area contributed by atoms with Crippen molar-refractivity contribution in [1.29, 1.82) is 0 Å². The van der Waals surface area contributed by atoms with Gasteiger partial charge < -0.3 is 9.88 Å². The Hall–Kier alpha value is -0.480. The molecule has 1 fully saturated rings. The monoisotopic (exact) mass is 211 g/mol. The van der Waals surface area contributed by atoms with Crippen molar-refractivity contribution in [2.24, 2.45) is 13.0 Å². The van der Waals surface area contributed by atoms with Crippen LogP contribution in [0.3, 0.4) is 0 Å². The van der Waals surface area contributed by atoms with Crippen molar-refractivity contribution in [2.45, 2.75) is 19.5 Å². The Bertz CT molecular complexity index is 297. The fourth-order valence-electron chi connectivity index (χ4n) is 1.72. The first kappa shape index (κ1) is 10.1. The molecule has 14 heavy (non-hydrogen) atoms. The number of rotatable bonds is 3. The minimum absolute atomic E-state index is 0.669. The molecule has 0 radical (unpaired) electrons. The smallest absolute Gasteiger partial charge is 0.0947 e. The van der Waals surface area contributed by atoms with Crippen LogP contribution in [-0.4, -0.2) is 27.1 Å². The molecule has 0 amide bonds. The molecule has 2 rings (SSSR count). The van der Waals surface area contributed by atoms with Crippen LogP contribution in [-0.2, 0) is 13.6 Å². The molecule has 0 aliphatic carbocycles. The quantitative estimate of drug-likeness (QED) is 0.816. The number of aryl methyl sites for hydroxylation is 1. The maximum atomic E-state index is 4.30. The average molecular weight is 211 g/mol. The van der Waals surface area contributed by atoms with Gasteiger partial charge in [-0.05, 0) is 11.7 Å². The number of hydrogen-bond donors (Lipinski definition) is 1. The first-order valence-electron chi connectivity index (χ1n) is 5.03. The molecule has 0 bridgehead atoms. The predicted molar refractivity (Wildman–Crippen MR) is 60.3 cm³/mol. The lowest BCUT2D eigenvalue weighted by Crippen LogP contribution is -2.33. The van der Waals surface area contributed by atoms with Gasteiger partial charge in [0, 0.05) is 31.6 Å². The molecule has 4 heteroatoms. The van der Waals surface area contributed by atoms with Crippen molar-refractivity contribution in [3.05, 3.63) is 18.2 Å². The summed E-state index contributed by atoms with van der Waals surface area (Å²) >= 11 is 2.04. The summed E-state index contributed by atoms with van der Waals surface area (Å²) in [5.74, 6) is 3.33. The van der Waals surface area contributed by atoms with Gasteiger partial charge in [0.05, 0.1) is 12.0 Å². The second kappa shape index (κ2) is 4.36. The van der Waals surface area contributed by atoms with E-state index in [-0.39, 0.29) is 0 Å². The van der Waals surface area contributed by atoms with Crippen LogP contribution in [0.4, 0.5) is 0 Å². The lowest BCUT2D eigenvalue weighted by Gasteiger charge is -2.15. The number of aromatic nitrogens is 2. The van der Waals surface area contributed by atoms with Crippen LogP contribution in [0.25, 0.3) is 0 Å². The van der Waals surface area contributed by atoms with E-state index in [1.807, 2.05) is 29.7 Å². The van der Waals surface area contributed by atoms with Crippen LogP contribution in [0.5, 0.6) is 0 Å². The predicted octanol–water partition coefficient (Wildman–Crippen LogP) is 1.26. The van der Waals surface area contributed by atoms with E-state index >= 15 is 0 Å². The molecule has 3 nitrogen and oxygen atoms in total.